The van der Waals surface area contributed by atoms with Crippen molar-refractivity contribution < 1.29 is 33.5 Å². The van der Waals surface area contributed by atoms with Gasteiger partial charge in [0.05, 0.1) is 16.1 Å². The van der Waals surface area contributed by atoms with Crippen LogP contribution in [0.4, 0.5) is 5.13 Å². The fourth-order valence-electron chi connectivity index (χ4n) is 3.69. The quantitative estimate of drug-likeness (QED) is 0.130. The van der Waals surface area contributed by atoms with Crippen molar-refractivity contribution in [2.75, 3.05) is 18.6 Å². The zero-order valence-corrected chi connectivity index (χ0v) is 24.9. The number of thioether (sulfide) groups is 2. The second kappa shape index (κ2) is 12.8. The van der Waals surface area contributed by atoms with Crippen LogP contribution in [0.1, 0.15) is 30.1 Å². The van der Waals surface area contributed by atoms with Crippen molar-refractivity contribution in [3.8, 4) is 0 Å². The molecule has 17 heteroatoms. The van der Waals surface area contributed by atoms with Crippen molar-refractivity contribution in [1.82, 2.24) is 20.2 Å². The van der Waals surface area contributed by atoms with E-state index in [1.54, 1.807) is 16.3 Å². The lowest BCUT2D eigenvalue weighted by Crippen LogP contribution is -2.71. The Morgan fingerprint density at radius 3 is 2.73 bits per heavy atom. The lowest BCUT2D eigenvalue weighted by Gasteiger charge is -2.49. The van der Waals surface area contributed by atoms with Crippen LogP contribution in [-0.2, 0) is 33.5 Å². The first kappa shape index (κ1) is 29.6. The monoisotopic (exact) mass is 624 g/mol. The number of nitrogens with two attached hydrogens (primary N) is 1. The minimum Gasteiger partial charge on any atom is -0.426 e. The number of carbonyl (C=O) groups excluding carboxylic acids is 4. The molecular weight excluding hydrogens is 601 g/mol. The van der Waals surface area contributed by atoms with Gasteiger partial charge in [0, 0.05) is 29.9 Å². The van der Waals surface area contributed by atoms with E-state index in [-0.39, 0.29) is 22.2 Å². The van der Waals surface area contributed by atoms with E-state index in [4.69, 9.17) is 20.0 Å². The third-order valence-corrected chi connectivity index (χ3v) is 9.32. The molecule has 0 bridgehead atoms. The number of nitrogens with zero attached hydrogens (tertiary/aromatic N) is 4. The summed E-state index contributed by atoms with van der Waals surface area (Å²) in [6.07, 6.45) is 0.701. The Balaban J connectivity index is 1.55. The second-order valence-electron chi connectivity index (χ2n) is 8.13. The maximum absolute atomic E-state index is 13.3. The fourth-order valence-corrected chi connectivity index (χ4v) is 7.35. The van der Waals surface area contributed by atoms with Crippen LogP contribution in [0.5, 0.6) is 0 Å². The highest BCUT2D eigenvalue weighted by molar-refractivity contribution is 8.08. The number of β-lactam (4-membered cyclic amide) rings is 1. The van der Waals surface area contributed by atoms with Crippen molar-refractivity contribution in [3.05, 3.63) is 43.2 Å². The second-order valence-corrected chi connectivity index (χ2v) is 12.0. The van der Waals surface area contributed by atoms with Gasteiger partial charge in [0.15, 0.2) is 10.8 Å². The van der Waals surface area contributed by atoms with E-state index in [0.29, 0.717) is 10.7 Å². The molecule has 1 saturated heterocycles. The number of thiazole rings is 2. The number of hydrogen-bond donors (Lipinski definition) is 2. The van der Waals surface area contributed by atoms with Crippen LogP contribution >= 0.6 is 46.2 Å². The summed E-state index contributed by atoms with van der Waals surface area (Å²) in [6, 6.07) is -0.953. The number of nitrogens with one attached hydrogen (secondary N) is 1. The number of aromatic nitrogens is 2. The van der Waals surface area contributed by atoms with Gasteiger partial charge in [-0.15, -0.1) is 34.4 Å². The fraction of sp³-hybridized carbons (Fsp3) is 0.348. The van der Waals surface area contributed by atoms with Crippen LogP contribution in [0.25, 0.3) is 6.08 Å². The van der Waals surface area contributed by atoms with Gasteiger partial charge in [-0.2, -0.15) is 0 Å². The zero-order chi connectivity index (χ0) is 29.0. The molecule has 4 heterocycles. The number of ether oxygens (including phenoxy) is 2. The Hall–Kier alpha value is -3.41. The minimum absolute atomic E-state index is 0.0204. The molecule has 13 nitrogen and oxygen atoms in total. The van der Waals surface area contributed by atoms with E-state index < -0.39 is 41.5 Å². The highest BCUT2D eigenvalue weighted by Crippen LogP contribution is 2.44. The van der Waals surface area contributed by atoms with Gasteiger partial charge in [-0.25, -0.2) is 14.8 Å². The number of aryl methyl sites for hydroxylation is 1. The summed E-state index contributed by atoms with van der Waals surface area (Å²) in [4.78, 5) is 66.7. The Morgan fingerprint density at radius 1 is 1.32 bits per heavy atom. The molecule has 1 fully saturated rings. The van der Waals surface area contributed by atoms with Crippen LogP contribution < -0.4 is 11.1 Å². The van der Waals surface area contributed by atoms with Crippen LogP contribution in [0.3, 0.4) is 0 Å². The predicted octanol–water partition coefficient (Wildman–Crippen LogP) is 2.31. The lowest BCUT2D eigenvalue weighted by molar-refractivity contribution is -0.182. The minimum atomic E-state index is -1.17. The van der Waals surface area contributed by atoms with Crippen molar-refractivity contribution in [2.24, 2.45) is 5.16 Å². The van der Waals surface area contributed by atoms with E-state index in [1.807, 2.05) is 13.0 Å². The number of esters is 2. The smallest absolute Gasteiger partial charge is 0.359 e. The highest BCUT2D eigenvalue weighted by atomic mass is 32.2. The van der Waals surface area contributed by atoms with E-state index in [1.165, 1.54) is 60.7 Å². The van der Waals surface area contributed by atoms with Crippen LogP contribution in [0.2, 0.25) is 0 Å². The summed E-state index contributed by atoms with van der Waals surface area (Å²) in [5.41, 5.74) is 8.36. The SMILES string of the molecule is CO/N=C(\C(=O)N[C@@H]1C(=O)N2C(C(=O)OC(C)OC(C)=O)=C(S/C=C\c3scnc3C)CS[C@H]12)c1csc(N)n1. The average molecular weight is 625 g/mol. The molecule has 3 N–H and O–H groups in total. The molecule has 0 saturated carbocycles. The molecular formula is C23H24N6O7S4. The summed E-state index contributed by atoms with van der Waals surface area (Å²) >= 11 is 5.23. The first-order valence-electron chi connectivity index (χ1n) is 11.5. The van der Waals surface area contributed by atoms with Gasteiger partial charge in [-0.3, -0.25) is 19.3 Å². The van der Waals surface area contributed by atoms with Crippen molar-refractivity contribution in [1.29, 1.82) is 0 Å². The molecule has 1 unspecified atom stereocenters. The molecule has 2 aliphatic rings. The molecule has 40 heavy (non-hydrogen) atoms. The number of fused-ring (bicyclic) bond motifs is 1. The van der Waals surface area contributed by atoms with Crippen molar-refractivity contribution in [2.45, 2.75) is 38.5 Å². The van der Waals surface area contributed by atoms with Gasteiger partial charge in [0.2, 0.25) is 6.29 Å². The van der Waals surface area contributed by atoms with Gasteiger partial charge in [0.1, 0.15) is 29.9 Å². The first-order chi connectivity index (χ1) is 19.1. The van der Waals surface area contributed by atoms with Gasteiger partial charge in [-0.1, -0.05) is 16.9 Å². The molecule has 3 atom stereocenters. The maximum Gasteiger partial charge on any atom is 0.359 e. The maximum atomic E-state index is 13.3. The normalized spacial score (nSPS) is 19.6. The van der Waals surface area contributed by atoms with E-state index in [9.17, 15) is 19.2 Å². The molecule has 0 aromatic carbocycles. The molecule has 0 spiro atoms. The third-order valence-electron chi connectivity index (χ3n) is 5.39. The zero-order valence-electron chi connectivity index (χ0n) is 21.6. The Labute approximate surface area is 245 Å². The number of amides is 2. The number of rotatable bonds is 10. The molecule has 2 aromatic rings. The summed E-state index contributed by atoms with van der Waals surface area (Å²) in [7, 11) is 1.28. The number of carbonyl (C=O) groups is 4. The number of oxime groups is 1. The molecule has 2 aliphatic heterocycles. The van der Waals surface area contributed by atoms with Gasteiger partial charge in [-0.05, 0) is 18.4 Å². The molecule has 0 aliphatic carbocycles. The topological polar surface area (TPSA) is 175 Å². The van der Waals surface area contributed by atoms with Gasteiger partial charge >= 0.3 is 11.9 Å². The molecule has 4 rings (SSSR count). The molecule has 212 valence electrons. The van der Waals surface area contributed by atoms with Crippen LogP contribution in [-0.4, -0.2) is 74.9 Å². The Morgan fingerprint density at radius 2 is 2.10 bits per heavy atom. The number of anilines is 1. The van der Waals surface area contributed by atoms with Crippen LogP contribution in [0, 0.1) is 6.92 Å². The Kier molecular flexibility index (Phi) is 9.49. The lowest BCUT2D eigenvalue weighted by atomic mass is 10.0. The van der Waals surface area contributed by atoms with Crippen LogP contribution in [0.15, 0.2) is 32.1 Å². The number of nitrogen functional groups attached to an aromatic ring is 1. The summed E-state index contributed by atoms with van der Waals surface area (Å²) in [5, 5.41) is 9.39. The average Bonchev–Trinajstić information content (AvgIpc) is 3.52. The van der Waals surface area contributed by atoms with Crippen molar-refractivity contribution >= 4 is 86.9 Å². The first-order valence-corrected chi connectivity index (χ1v) is 15.2. The predicted molar refractivity (Wildman–Crippen MR) is 153 cm³/mol. The Bertz CT molecular complexity index is 1420. The molecule has 2 aromatic heterocycles. The molecule has 0 radical (unpaired) electrons. The van der Waals surface area contributed by atoms with E-state index in [0.717, 1.165) is 21.9 Å². The highest BCUT2D eigenvalue weighted by Gasteiger charge is 2.55. The van der Waals surface area contributed by atoms with Gasteiger partial charge in [0.25, 0.3) is 11.8 Å². The standard InChI is InChI=1S/C23H24N6O7S4/c1-10-14(40-9-25-10)5-6-37-15-8-38-21-17(27-19(31)16(28-34-4)13-7-39-23(24)26-13)20(32)29(21)18(15)22(33)36-12(3)35-11(2)30/h5-7,9,12,17,21H,8H2,1-4H3,(H2,24,26)(H,27,31)/b6-5-,28-16-/t12?,17-,21-/m1/s1. The van der Waals surface area contributed by atoms with E-state index in [2.05, 4.69) is 20.4 Å². The summed E-state index contributed by atoms with van der Waals surface area (Å²) in [6.45, 7) is 4.48. The van der Waals surface area contributed by atoms with E-state index >= 15 is 0 Å². The largest absolute Gasteiger partial charge is 0.426 e. The van der Waals surface area contributed by atoms with Crippen molar-refractivity contribution in [3.63, 3.8) is 0 Å². The van der Waals surface area contributed by atoms with Gasteiger partial charge < -0.3 is 25.4 Å². The number of hydrogen-bond acceptors (Lipinski definition) is 15. The summed E-state index contributed by atoms with van der Waals surface area (Å²) in [5.74, 6) is -2.31. The third kappa shape index (κ3) is 6.48. The molecule has 2 amide bonds. The summed E-state index contributed by atoms with van der Waals surface area (Å²) < 4.78 is 10.2.